The zero-order valence-corrected chi connectivity index (χ0v) is 13.5. The first kappa shape index (κ1) is 15.1. The van der Waals surface area contributed by atoms with Gasteiger partial charge in [-0.25, -0.2) is 4.98 Å². The predicted octanol–water partition coefficient (Wildman–Crippen LogP) is 2.61. The van der Waals surface area contributed by atoms with Gasteiger partial charge in [-0.3, -0.25) is 4.79 Å². The van der Waals surface area contributed by atoms with Gasteiger partial charge in [0.1, 0.15) is 22.8 Å². The molecule has 0 amide bonds. The number of carbonyl (C=O) groups excluding carboxylic acids is 1. The number of pyridine rings is 1. The summed E-state index contributed by atoms with van der Waals surface area (Å²) in [6, 6.07) is 6.03. The van der Waals surface area contributed by atoms with E-state index in [1.165, 1.54) is 13.2 Å². The first-order chi connectivity index (χ1) is 12.0. The number of hydrogen-bond acceptors (Lipinski definition) is 6. The van der Waals surface area contributed by atoms with E-state index in [2.05, 4.69) is 4.98 Å². The van der Waals surface area contributed by atoms with Crippen molar-refractivity contribution in [3.63, 3.8) is 0 Å². The van der Waals surface area contributed by atoms with Crippen molar-refractivity contribution in [2.45, 2.75) is 0 Å². The zero-order chi connectivity index (χ0) is 17.7. The number of aryl methyl sites for hydroxylation is 1. The maximum Gasteiger partial charge on any atom is 0.235 e. The molecule has 1 aromatic carbocycles. The van der Waals surface area contributed by atoms with Crippen LogP contribution in [0, 0.1) is 0 Å². The molecule has 0 saturated heterocycles. The van der Waals surface area contributed by atoms with Gasteiger partial charge in [0.25, 0.3) is 0 Å². The van der Waals surface area contributed by atoms with Crippen LogP contribution in [0.25, 0.3) is 17.1 Å². The fraction of sp³-hybridized carbons (Fsp3) is 0.111. The third kappa shape index (κ3) is 2.28. The number of hydrogen-bond donors (Lipinski definition) is 2. The Morgan fingerprint density at radius 2 is 2.08 bits per heavy atom. The van der Waals surface area contributed by atoms with Gasteiger partial charge in [0.2, 0.25) is 11.7 Å². The molecule has 3 heterocycles. The van der Waals surface area contributed by atoms with E-state index in [9.17, 15) is 15.0 Å². The van der Waals surface area contributed by atoms with Crippen LogP contribution in [-0.2, 0) is 7.05 Å². The third-order valence-electron chi connectivity index (χ3n) is 4.07. The first-order valence-corrected chi connectivity index (χ1v) is 7.48. The van der Waals surface area contributed by atoms with Crippen LogP contribution in [-0.4, -0.2) is 32.7 Å². The predicted molar refractivity (Wildman–Crippen MR) is 90.0 cm³/mol. The second-order valence-electron chi connectivity index (χ2n) is 5.69. The molecule has 0 spiro atoms. The molecule has 7 heteroatoms. The molecule has 0 unspecified atom stereocenters. The number of ether oxygens (including phenoxy) is 2. The molecular formula is C18H14N2O5. The third-order valence-corrected chi connectivity index (χ3v) is 4.07. The maximum atomic E-state index is 12.5. The van der Waals surface area contributed by atoms with Gasteiger partial charge in [-0.15, -0.1) is 0 Å². The Morgan fingerprint density at radius 1 is 1.28 bits per heavy atom. The number of methoxy groups -OCH3 is 1. The van der Waals surface area contributed by atoms with Crippen molar-refractivity contribution in [1.29, 1.82) is 0 Å². The monoisotopic (exact) mass is 338 g/mol. The summed E-state index contributed by atoms with van der Waals surface area (Å²) >= 11 is 0. The van der Waals surface area contributed by atoms with Gasteiger partial charge in [0.05, 0.1) is 18.1 Å². The molecule has 1 aliphatic rings. The average Bonchev–Trinajstić information content (AvgIpc) is 3.05. The largest absolute Gasteiger partial charge is 0.508 e. The SMILES string of the molecule is COc1ccc2c(n1)c(/C=C1/Oc3cc(O)cc(O)c3C1=O)cn2C. The maximum absolute atomic E-state index is 12.5. The quantitative estimate of drug-likeness (QED) is 0.698. The fourth-order valence-electron chi connectivity index (χ4n) is 2.91. The number of benzene rings is 1. The van der Waals surface area contributed by atoms with Crippen molar-refractivity contribution in [1.82, 2.24) is 9.55 Å². The number of ketones is 1. The summed E-state index contributed by atoms with van der Waals surface area (Å²) in [6.07, 6.45) is 3.38. The molecule has 0 fully saturated rings. The number of Topliss-reactive ketones (excluding diaryl/α,β-unsaturated/α-hetero) is 1. The molecular weight excluding hydrogens is 324 g/mol. The second kappa shape index (κ2) is 5.27. The van der Waals surface area contributed by atoms with Gasteiger partial charge >= 0.3 is 0 Å². The standard InChI is InChI=1S/C18H14N2O5/c1-20-8-9(17-11(20)3-4-15(19-17)24-2)5-14-18(23)16-12(22)6-10(21)7-13(16)25-14/h3-8,21-22H,1-2H3/b14-5+. The molecule has 2 N–H and O–H groups in total. The van der Waals surface area contributed by atoms with Crippen molar-refractivity contribution in [3.8, 4) is 23.1 Å². The van der Waals surface area contributed by atoms with Crippen LogP contribution < -0.4 is 9.47 Å². The Kier molecular flexibility index (Phi) is 3.18. The molecule has 25 heavy (non-hydrogen) atoms. The smallest absolute Gasteiger partial charge is 0.235 e. The minimum Gasteiger partial charge on any atom is -0.508 e. The lowest BCUT2D eigenvalue weighted by Gasteiger charge is -2.00. The lowest BCUT2D eigenvalue weighted by atomic mass is 10.1. The van der Waals surface area contributed by atoms with Gasteiger partial charge < -0.3 is 24.3 Å². The normalized spacial score (nSPS) is 14.8. The van der Waals surface area contributed by atoms with Crippen LogP contribution in [0.5, 0.6) is 23.1 Å². The molecule has 0 atom stereocenters. The highest BCUT2D eigenvalue weighted by molar-refractivity contribution is 6.16. The number of carbonyl (C=O) groups is 1. The molecule has 3 aromatic rings. The summed E-state index contributed by atoms with van der Waals surface area (Å²) in [5.74, 6) is -0.314. The van der Waals surface area contributed by atoms with Crippen molar-refractivity contribution in [2.24, 2.45) is 7.05 Å². The van der Waals surface area contributed by atoms with E-state index in [-0.39, 0.29) is 28.6 Å². The Hall–Kier alpha value is -3.48. The number of phenols is 2. The zero-order valence-electron chi connectivity index (χ0n) is 13.5. The molecule has 2 aromatic heterocycles. The van der Waals surface area contributed by atoms with Gasteiger partial charge in [-0.05, 0) is 12.1 Å². The number of allylic oxidation sites excluding steroid dienone is 1. The molecule has 126 valence electrons. The van der Waals surface area contributed by atoms with Crippen LogP contribution in [0.15, 0.2) is 36.2 Å². The van der Waals surface area contributed by atoms with E-state index >= 15 is 0 Å². The van der Waals surface area contributed by atoms with Gasteiger partial charge in [0.15, 0.2) is 5.76 Å². The molecule has 0 radical (unpaired) electrons. The Bertz CT molecular complexity index is 1070. The lowest BCUT2D eigenvalue weighted by Crippen LogP contribution is -1.98. The molecule has 0 aliphatic carbocycles. The summed E-state index contributed by atoms with van der Waals surface area (Å²) in [5.41, 5.74) is 2.25. The van der Waals surface area contributed by atoms with Gasteiger partial charge in [-0.2, -0.15) is 0 Å². The summed E-state index contributed by atoms with van der Waals surface area (Å²) in [4.78, 5) is 16.9. The lowest BCUT2D eigenvalue weighted by molar-refractivity contribution is 0.101. The topological polar surface area (TPSA) is 93.8 Å². The van der Waals surface area contributed by atoms with E-state index in [0.717, 1.165) is 11.6 Å². The number of fused-ring (bicyclic) bond motifs is 2. The highest BCUT2D eigenvalue weighted by Crippen LogP contribution is 2.40. The summed E-state index contributed by atoms with van der Waals surface area (Å²) in [7, 11) is 3.40. The van der Waals surface area contributed by atoms with Crippen LogP contribution in [0.2, 0.25) is 0 Å². The number of phenolic OH excluding ortho intramolecular Hbond substituents is 2. The van der Waals surface area contributed by atoms with Crippen LogP contribution in [0.4, 0.5) is 0 Å². The fourth-order valence-corrected chi connectivity index (χ4v) is 2.91. The Labute approximate surface area is 142 Å². The Balaban J connectivity index is 1.84. The highest BCUT2D eigenvalue weighted by Gasteiger charge is 2.31. The molecule has 0 saturated carbocycles. The van der Waals surface area contributed by atoms with Crippen molar-refractivity contribution < 1.29 is 24.5 Å². The van der Waals surface area contributed by atoms with E-state index < -0.39 is 5.78 Å². The number of rotatable bonds is 2. The highest BCUT2D eigenvalue weighted by atomic mass is 16.5. The molecule has 4 rings (SSSR count). The van der Waals surface area contributed by atoms with Gasteiger partial charge in [0, 0.05) is 37.0 Å². The summed E-state index contributed by atoms with van der Waals surface area (Å²) in [5, 5.41) is 19.4. The average molecular weight is 338 g/mol. The first-order valence-electron chi connectivity index (χ1n) is 7.48. The van der Waals surface area contributed by atoms with E-state index in [4.69, 9.17) is 9.47 Å². The van der Waals surface area contributed by atoms with Crippen LogP contribution >= 0.6 is 0 Å². The number of aromatic hydroxyl groups is 2. The van der Waals surface area contributed by atoms with Crippen molar-refractivity contribution >= 4 is 22.9 Å². The minimum absolute atomic E-state index is 0.0369. The second-order valence-corrected chi connectivity index (χ2v) is 5.69. The van der Waals surface area contributed by atoms with E-state index in [1.807, 2.05) is 23.9 Å². The Morgan fingerprint density at radius 3 is 2.84 bits per heavy atom. The van der Waals surface area contributed by atoms with Crippen molar-refractivity contribution in [3.05, 3.63) is 47.3 Å². The summed E-state index contributed by atoms with van der Waals surface area (Å²) in [6.45, 7) is 0. The van der Waals surface area contributed by atoms with Crippen molar-refractivity contribution in [2.75, 3.05) is 7.11 Å². The van der Waals surface area contributed by atoms with E-state index in [0.29, 0.717) is 17.0 Å². The van der Waals surface area contributed by atoms with Crippen LogP contribution in [0.1, 0.15) is 15.9 Å². The number of nitrogens with zero attached hydrogens (tertiary/aromatic N) is 2. The summed E-state index contributed by atoms with van der Waals surface area (Å²) < 4.78 is 12.6. The molecule has 7 nitrogen and oxygen atoms in total. The molecule has 0 bridgehead atoms. The van der Waals surface area contributed by atoms with Gasteiger partial charge in [-0.1, -0.05) is 0 Å². The van der Waals surface area contributed by atoms with Crippen LogP contribution in [0.3, 0.4) is 0 Å². The molecule has 1 aliphatic heterocycles. The van der Waals surface area contributed by atoms with E-state index in [1.54, 1.807) is 12.1 Å². The minimum atomic E-state index is -0.451. The number of aromatic nitrogens is 2.